The highest BCUT2D eigenvalue weighted by molar-refractivity contribution is 7.80. The minimum Gasteiger partial charge on any atom is -0.462 e. The maximum absolute atomic E-state index is 12.5. The van der Waals surface area contributed by atoms with Gasteiger partial charge >= 0.3 is 5.97 Å². The molecule has 0 radical (unpaired) electrons. The molecular weight excluding hydrogens is 436 g/mol. The van der Waals surface area contributed by atoms with Crippen LogP contribution in [-0.4, -0.2) is 17.7 Å². The van der Waals surface area contributed by atoms with E-state index in [4.69, 9.17) is 17.0 Å². The molecule has 6 heteroatoms. The molecule has 0 aliphatic heterocycles. The largest absolute Gasteiger partial charge is 0.462 e. The molecule has 4 nitrogen and oxygen atoms in total. The Morgan fingerprint density at radius 3 is 2.44 bits per heavy atom. The molecule has 0 amide bonds. The summed E-state index contributed by atoms with van der Waals surface area (Å²) in [5, 5.41) is 7.74. The molecule has 1 atom stereocenters. The number of hydrogen-bond acceptors (Lipinski definition) is 4. The minimum absolute atomic E-state index is 0.0421. The third-order valence-electron chi connectivity index (χ3n) is 5.09. The summed E-state index contributed by atoms with van der Waals surface area (Å²) in [6, 6.07) is 20.7. The molecule has 2 aromatic carbocycles. The Balaban J connectivity index is 1.71. The van der Waals surface area contributed by atoms with E-state index in [2.05, 4.69) is 60.9 Å². The summed E-state index contributed by atoms with van der Waals surface area (Å²) in [5.41, 5.74) is 4.21. The van der Waals surface area contributed by atoms with Gasteiger partial charge in [0.1, 0.15) is 5.00 Å². The predicted molar refractivity (Wildman–Crippen MR) is 138 cm³/mol. The van der Waals surface area contributed by atoms with Gasteiger partial charge in [-0.2, -0.15) is 0 Å². The zero-order valence-electron chi connectivity index (χ0n) is 18.8. The monoisotopic (exact) mass is 466 g/mol. The van der Waals surface area contributed by atoms with Gasteiger partial charge in [0, 0.05) is 11.3 Å². The Morgan fingerprint density at radius 1 is 1.06 bits per heavy atom. The molecule has 1 unspecified atom stereocenters. The lowest BCUT2D eigenvalue weighted by Gasteiger charge is -2.17. The number of anilines is 1. The van der Waals surface area contributed by atoms with E-state index in [0.717, 1.165) is 29.7 Å². The van der Waals surface area contributed by atoms with E-state index in [9.17, 15) is 4.79 Å². The Kier molecular flexibility index (Phi) is 8.82. The van der Waals surface area contributed by atoms with Gasteiger partial charge in [0.25, 0.3) is 0 Å². The van der Waals surface area contributed by atoms with Crippen LogP contribution in [0.15, 0.2) is 60.7 Å². The standard InChI is InChI=1S/C26H30N2O2S2/c1-4-9-19-12-14-21(15-13-19)18(3)27-26(31)28-24-23(25(29)30-5-2)17-22(32-24)16-20-10-7-6-8-11-20/h6-8,10-15,17-18H,4-5,9,16H2,1-3H3,(H2,27,28,31). The van der Waals surface area contributed by atoms with Crippen LogP contribution in [0.25, 0.3) is 0 Å². The Hall–Kier alpha value is -2.70. The lowest BCUT2D eigenvalue weighted by atomic mass is 10.0. The average Bonchev–Trinajstić information content (AvgIpc) is 3.17. The molecule has 32 heavy (non-hydrogen) atoms. The highest BCUT2D eigenvalue weighted by Crippen LogP contribution is 2.31. The third kappa shape index (κ3) is 6.65. The molecule has 0 bridgehead atoms. The van der Waals surface area contributed by atoms with Crippen LogP contribution in [0.2, 0.25) is 0 Å². The van der Waals surface area contributed by atoms with Crippen molar-refractivity contribution in [1.82, 2.24) is 5.32 Å². The fraction of sp³-hybridized carbons (Fsp3) is 0.308. The highest BCUT2D eigenvalue weighted by Gasteiger charge is 2.19. The number of aryl methyl sites for hydroxylation is 1. The van der Waals surface area contributed by atoms with E-state index in [1.165, 1.54) is 22.5 Å². The van der Waals surface area contributed by atoms with Crippen molar-refractivity contribution in [2.45, 2.75) is 46.1 Å². The molecule has 0 aliphatic carbocycles. The molecule has 1 heterocycles. The zero-order chi connectivity index (χ0) is 22.9. The Bertz CT molecular complexity index is 1030. The minimum atomic E-state index is -0.340. The third-order valence-corrected chi connectivity index (χ3v) is 6.36. The first-order chi connectivity index (χ1) is 15.5. The molecular formula is C26H30N2O2S2. The smallest absolute Gasteiger partial charge is 0.341 e. The van der Waals surface area contributed by atoms with Gasteiger partial charge in [0.05, 0.1) is 18.2 Å². The lowest BCUT2D eigenvalue weighted by molar-refractivity contribution is 0.0528. The second kappa shape index (κ2) is 11.8. The first-order valence-corrected chi connectivity index (χ1v) is 12.2. The molecule has 3 aromatic rings. The maximum Gasteiger partial charge on any atom is 0.341 e. The number of thiophene rings is 1. The number of hydrogen-bond donors (Lipinski definition) is 2. The van der Waals surface area contributed by atoms with Crippen molar-refractivity contribution in [3.05, 3.63) is 87.8 Å². The molecule has 168 valence electrons. The Morgan fingerprint density at radius 2 is 1.78 bits per heavy atom. The quantitative estimate of drug-likeness (QED) is 0.278. The number of nitrogens with one attached hydrogen (secondary N) is 2. The predicted octanol–water partition coefficient (Wildman–Crippen LogP) is 6.52. The number of benzene rings is 2. The summed E-state index contributed by atoms with van der Waals surface area (Å²) in [6.07, 6.45) is 2.97. The van der Waals surface area contributed by atoms with Gasteiger partial charge in [-0.1, -0.05) is 67.9 Å². The van der Waals surface area contributed by atoms with Gasteiger partial charge < -0.3 is 15.4 Å². The van der Waals surface area contributed by atoms with Crippen molar-refractivity contribution in [2.24, 2.45) is 0 Å². The summed E-state index contributed by atoms with van der Waals surface area (Å²) in [6.45, 7) is 6.39. The number of rotatable bonds is 9. The summed E-state index contributed by atoms with van der Waals surface area (Å²) < 4.78 is 5.26. The molecule has 0 aliphatic rings. The van der Waals surface area contributed by atoms with E-state index < -0.39 is 0 Å². The number of carbonyl (C=O) groups excluding carboxylic acids is 1. The van der Waals surface area contributed by atoms with E-state index in [1.807, 2.05) is 31.2 Å². The van der Waals surface area contributed by atoms with E-state index >= 15 is 0 Å². The Labute approximate surface area is 200 Å². The fourth-order valence-corrected chi connectivity index (χ4v) is 4.89. The molecule has 0 fully saturated rings. The molecule has 3 rings (SSSR count). The summed E-state index contributed by atoms with van der Waals surface area (Å²) in [7, 11) is 0. The van der Waals surface area contributed by atoms with Crippen LogP contribution in [0.5, 0.6) is 0 Å². The summed E-state index contributed by atoms with van der Waals surface area (Å²) in [5.74, 6) is -0.340. The SMILES string of the molecule is CCCc1ccc(C(C)NC(=S)Nc2sc(Cc3ccccc3)cc2C(=O)OCC)cc1. The fourth-order valence-electron chi connectivity index (χ4n) is 3.46. The van der Waals surface area contributed by atoms with Gasteiger partial charge in [-0.3, -0.25) is 0 Å². The van der Waals surface area contributed by atoms with E-state index in [0.29, 0.717) is 22.3 Å². The number of carbonyl (C=O) groups is 1. The topological polar surface area (TPSA) is 50.4 Å². The van der Waals surface area contributed by atoms with Crippen molar-refractivity contribution in [1.29, 1.82) is 0 Å². The molecule has 2 N–H and O–H groups in total. The zero-order valence-corrected chi connectivity index (χ0v) is 20.4. The number of esters is 1. The van der Waals surface area contributed by atoms with E-state index in [1.54, 1.807) is 0 Å². The van der Waals surface area contributed by atoms with Gasteiger partial charge in [0.2, 0.25) is 0 Å². The summed E-state index contributed by atoms with van der Waals surface area (Å²) >= 11 is 7.09. The van der Waals surface area contributed by atoms with Crippen molar-refractivity contribution < 1.29 is 9.53 Å². The van der Waals surface area contributed by atoms with E-state index in [-0.39, 0.29) is 12.0 Å². The van der Waals surface area contributed by atoms with Crippen LogP contribution in [0.1, 0.15) is 65.2 Å². The van der Waals surface area contributed by atoms with Crippen molar-refractivity contribution in [3.63, 3.8) is 0 Å². The average molecular weight is 467 g/mol. The lowest BCUT2D eigenvalue weighted by Crippen LogP contribution is -2.31. The van der Waals surface area contributed by atoms with Gasteiger partial charge in [-0.25, -0.2) is 4.79 Å². The van der Waals surface area contributed by atoms with Gasteiger partial charge in [-0.15, -0.1) is 11.3 Å². The van der Waals surface area contributed by atoms with Gasteiger partial charge in [0.15, 0.2) is 5.11 Å². The molecule has 0 saturated heterocycles. The van der Waals surface area contributed by atoms with Crippen LogP contribution in [0.3, 0.4) is 0 Å². The van der Waals surface area contributed by atoms with Crippen molar-refractivity contribution in [3.8, 4) is 0 Å². The van der Waals surface area contributed by atoms with Crippen molar-refractivity contribution in [2.75, 3.05) is 11.9 Å². The van der Waals surface area contributed by atoms with Gasteiger partial charge in [-0.05, 0) is 55.2 Å². The number of ether oxygens (including phenoxy) is 1. The van der Waals surface area contributed by atoms with Crippen molar-refractivity contribution >= 4 is 39.6 Å². The molecule has 1 aromatic heterocycles. The first kappa shape index (κ1) is 24.0. The highest BCUT2D eigenvalue weighted by atomic mass is 32.1. The molecule has 0 saturated carbocycles. The maximum atomic E-state index is 12.5. The van der Waals surface area contributed by atoms with Crippen LogP contribution >= 0.6 is 23.6 Å². The molecule has 0 spiro atoms. The van der Waals surface area contributed by atoms with Crippen LogP contribution in [-0.2, 0) is 17.6 Å². The van der Waals surface area contributed by atoms with Crippen LogP contribution in [0.4, 0.5) is 5.00 Å². The summed E-state index contributed by atoms with van der Waals surface area (Å²) in [4.78, 5) is 13.6. The van der Waals surface area contributed by atoms with Crippen LogP contribution in [0, 0.1) is 0 Å². The van der Waals surface area contributed by atoms with Crippen LogP contribution < -0.4 is 10.6 Å². The normalized spacial score (nSPS) is 11.6. The number of thiocarbonyl (C=S) groups is 1. The second-order valence-electron chi connectivity index (χ2n) is 7.65. The first-order valence-electron chi connectivity index (χ1n) is 11.0. The second-order valence-corrected chi connectivity index (χ2v) is 9.20.